The van der Waals surface area contributed by atoms with Crippen molar-refractivity contribution < 1.29 is 0 Å². The van der Waals surface area contributed by atoms with Crippen LogP contribution in [-0.4, -0.2) is 16.8 Å². The molecule has 3 nitrogen and oxygen atoms in total. The lowest BCUT2D eigenvalue weighted by atomic mass is 9.95. The normalized spacial score (nSPS) is 39.0. The molecule has 0 aromatic carbocycles. The molecule has 0 aliphatic heterocycles. The van der Waals surface area contributed by atoms with Gasteiger partial charge < -0.3 is 5.32 Å². The number of rotatable bonds is 5. The molecule has 3 aliphatic carbocycles. The molecule has 3 fully saturated rings. The third-order valence-corrected chi connectivity index (χ3v) is 6.66. The molecular weight excluding hydrogens is 314 g/mol. The fourth-order valence-electron chi connectivity index (χ4n) is 5.42. The highest BCUT2D eigenvalue weighted by Gasteiger charge is 2.67. The van der Waals surface area contributed by atoms with E-state index in [1.807, 2.05) is 6.20 Å². The average Bonchev–Trinajstić information content (AvgIpc) is 2.77. The molecular formula is C16H24BrN3. The number of nitrogens with zero attached hydrogens (tertiary/aromatic N) is 2. The van der Waals surface area contributed by atoms with Gasteiger partial charge in [0.05, 0.1) is 22.4 Å². The van der Waals surface area contributed by atoms with Crippen LogP contribution in [0.2, 0.25) is 0 Å². The number of nitrogens with one attached hydrogen (secondary N) is 1. The molecule has 3 saturated carbocycles. The standard InChI is InChI=1S/C16H24BrN3/c1-3-6-20-16(11(17)8-19-20)15(18-2)14-12-9-4-5-10(7-9)13(12)14/h8-10,12-15,18H,3-7H2,1-2H3. The molecule has 1 heterocycles. The van der Waals surface area contributed by atoms with Gasteiger partial charge in [-0.2, -0.15) is 5.10 Å². The second-order valence-electron chi connectivity index (χ2n) is 6.93. The monoisotopic (exact) mass is 337 g/mol. The highest BCUT2D eigenvalue weighted by Crippen LogP contribution is 2.72. The van der Waals surface area contributed by atoms with Crippen LogP contribution in [-0.2, 0) is 6.54 Å². The highest BCUT2D eigenvalue weighted by molar-refractivity contribution is 9.10. The molecule has 110 valence electrons. The van der Waals surface area contributed by atoms with E-state index in [0.717, 1.165) is 42.6 Å². The molecule has 20 heavy (non-hydrogen) atoms. The van der Waals surface area contributed by atoms with Crippen molar-refractivity contribution in [3.63, 3.8) is 0 Å². The predicted octanol–water partition coefficient (Wildman–Crippen LogP) is 3.61. The average molecular weight is 338 g/mol. The SMILES string of the molecule is CCCn1ncc(Br)c1C(NC)C1C2C3CCC(C3)C21. The Morgan fingerprint density at radius 1 is 1.40 bits per heavy atom. The molecule has 3 aliphatic rings. The summed E-state index contributed by atoms with van der Waals surface area (Å²) in [5.74, 6) is 4.93. The zero-order chi connectivity index (χ0) is 13.9. The minimum absolute atomic E-state index is 0.483. The second-order valence-corrected chi connectivity index (χ2v) is 7.79. The minimum Gasteiger partial charge on any atom is -0.311 e. The molecule has 1 aromatic rings. The van der Waals surface area contributed by atoms with E-state index in [4.69, 9.17) is 0 Å². The van der Waals surface area contributed by atoms with E-state index in [-0.39, 0.29) is 0 Å². The van der Waals surface area contributed by atoms with Crippen molar-refractivity contribution >= 4 is 15.9 Å². The maximum Gasteiger partial charge on any atom is 0.0698 e. The van der Waals surface area contributed by atoms with Crippen LogP contribution in [0.15, 0.2) is 10.7 Å². The Bertz CT molecular complexity index is 496. The molecule has 4 heteroatoms. The Kier molecular flexibility index (Phi) is 3.22. The zero-order valence-electron chi connectivity index (χ0n) is 12.3. The van der Waals surface area contributed by atoms with Crippen LogP contribution >= 0.6 is 15.9 Å². The summed E-state index contributed by atoms with van der Waals surface area (Å²) < 4.78 is 3.39. The first kappa shape index (κ1) is 13.3. The van der Waals surface area contributed by atoms with Crippen molar-refractivity contribution in [1.29, 1.82) is 0 Å². The van der Waals surface area contributed by atoms with E-state index < -0.39 is 0 Å². The summed E-state index contributed by atoms with van der Waals surface area (Å²) in [6.07, 6.45) is 7.63. The van der Waals surface area contributed by atoms with Gasteiger partial charge in [0.15, 0.2) is 0 Å². The van der Waals surface area contributed by atoms with Gasteiger partial charge in [0.25, 0.3) is 0 Å². The largest absolute Gasteiger partial charge is 0.311 e. The van der Waals surface area contributed by atoms with Crippen LogP contribution in [0.4, 0.5) is 0 Å². The van der Waals surface area contributed by atoms with E-state index in [1.165, 1.54) is 29.4 Å². The molecule has 0 spiro atoms. The summed E-state index contributed by atoms with van der Waals surface area (Å²) in [4.78, 5) is 0. The molecule has 0 saturated heterocycles. The lowest BCUT2D eigenvalue weighted by Gasteiger charge is -2.22. The van der Waals surface area contributed by atoms with Gasteiger partial charge in [-0.1, -0.05) is 6.92 Å². The van der Waals surface area contributed by atoms with Crippen LogP contribution in [0.5, 0.6) is 0 Å². The predicted molar refractivity (Wildman–Crippen MR) is 83.3 cm³/mol. The Morgan fingerprint density at radius 3 is 2.70 bits per heavy atom. The number of hydrogen-bond acceptors (Lipinski definition) is 2. The Balaban J connectivity index is 1.62. The topological polar surface area (TPSA) is 29.9 Å². The van der Waals surface area contributed by atoms with Gasteiger partial charge in [-0.15, -0.1) is 0 Å². The van der Waals surface area contributed by atoms with Crippen molar-refractivity contribution in [3.8, 4) is 0 Å². The number of aryl methyl sites for hydroxylation is 1. The summed E-state index contributed by atoms with van der Waals surface area (Å²) in [5.41, 5.74) is 1.38. The summed E-state index contributed by atoms with van der Waals surface area (Å²) in [5, 5.41) is 8.17. The molecule has 5 unspecified atom stereocenters. The maximum atomic E-state index is 4.56. The van der Waals surface area contributed by atoms with Crippen molar-refractivity contribution in [3.05, 3.63) is 16.4 Å². The molecule has 0 radical (unpaired) electrons. The van der Waals surface area contributed by atoms with E-state index in [2.05, 4.69) is 45.0 Å². The van der Waals surface area contributed by atoms with Crippen LogP contribution in [0, 0.1) is 29.6 Å². The molecule has 0 amide bonds. The number of halogens is 1. The van der Waals surface area contributed by atoms with Gasteiger partial charge >= 0.3 is 0 Å². The number of fused-ring (bicyclic) bond motifs is 5. The van der Waals surface area contributed by atoms with Crippen molar-refractivity contribution in [1.82, 2.24) is 15.1 Å². The van der Waals surface area contributed by atoms with Gasteiger partial charge in [0.2, 0.25) is 0 Å². The van der Waals surface area contributed by atoms with Gasteiger partial charge in [-0.3, -0.25) is 4.68 Å². The van der Waals surface area contributed by atoms with Crippen molar-refractivity contribution in [2.24, 2.45) is 29.6 Å². The Labute approximate surface area is 129 Å². The van der Waals surface area contributed by atoms with Gasteiger partial charge in [0.1, 0.15) is 0 Å². The second kappa shape index (κ2) is 4.84. The van der Waals surface area contributed by atoms with E-state index in [1.54, 1.807) is 0 Å². The highest BCUT2D eigenvalue weighted by atomic mass is 79.9. The maximum absolute atomic E-state index is 4.56. The fourth-order valence-corrected chi connectivity index (χ4v) is 5.96. The van der Waals surface area contributed by atoms with Crippen LogP contribution in [0.25, 0.3) is 0 Å². The quantitative estimate of drug-likeness (QED) is 0.889. The molecule has 4 rings (SSSR count). The Morgan fingerprint density at radius 2 is 2.10 bits per heavy atom. The smallest absolute Gasteiger partial charge is 0.0698 e. The zero-order valence-corrected chi connectivity index (χ0v) is 13.9. The van der Waals surface area contributed by atoms with Crippen LogP contribution in [0.1, 0.15) is 44.3 Å². The molecule has 1 N–H and O–H groups in total. The summed E-state index contributed by atoms with van der Waals surface area (Å²) in [6.45, 7) is 3.24. The van der Waals surface area contributed by atoms with Crippen LogP contribution in [0.3, 0.4) is 0 Å². The number of hydrogen-bond donors (Lipinski definition) is 1. The summed E-state index contributed by atoms with van der Waals surface area (Å²) in [6, 6.07) is 0.483. The first-order valence-corrected chi connectivity index (χ1v) is 8.94. The van der Waals surface area contributed by atoms with E-state index >= 15 is 0 Å². The van der Waals surface area contributed by atoms with Crippen LogP contribution < -0.4 is 5.32 Å². The number of aromatic nitrogens is 2. The lowest BCUT2D eigenvalue weighted by molar-refractivity contribution is 0.365. The lowest BCUT2D eigenvalue weighted by Crippen LogP contribution is -2.25. The third kappa shape index (κ3) is 1.77. The van der Waals surface area contributed by atoms with E-state index in [0.29, 0.717) is 6.04 Å². The first-order valence-electron chi connectivity index (χ1n) is 8.14. The van der Waals surface area contributed by atoms with Crippen molar-refractivity contribution in [2.75, 3.05) is 7.05 Å². The fraction of sp³-hybridized carbons (Fsp3) is 0.812. The van der Waals surface area contributed by atoms with Gasteiger partial charge in [0, 0.05) is 6.54 Å². The minimum atomic E-state index is 0.483. The summed E-state index contributed by atoms with van der Waals surface area (Å²) in [7, 11) is 2.12. The molecule has 1 aromatic heterocycles. The van der Waals surface area contributed by atoms with Gasteiger partial charge in [-0.25, -0.2) is 0 Å². The Hall–Kier alpha value is -0.350. The van der Waals surface area contributed by atoms with Gasteiger partial charge in [-0.05, 0) is 78.3 Å². The molecule has 2 bridgehead atoms. The third-order valence-electron chi connectivity index (χ3n) is 6.05. The molecule has 5 atom stereocenters. The van der Waals surface area contributed by atoms with Crippen molar-refractivity contribution in [2.45, 2.75) is 45.2 Å². The summed E-state index contributed by atoms with van der Waals surface area (Å²) >= 11 is 3.73. The van der Waals surface area contributed by atoms with E-state index in [9.17, 15) is 0 Å². The first-order chi connectivity index (χ1) is 9.76.